The molecule has 24 heavy (non-hydrogen) atoms. The highest BCUT2D eigenvalue weighted by atomic mass is 32.2. The van der Waals surface area contributed by atoms with E-state index in [4.69, 9.17) is 9.88 Å². The molecule has 1 aromatic carbocycles. The minimum atomic E-state index is -3.64. The Morgan fingerprint density at radius 2 is 2.04 bits per heavy atom. The maximum atomic E-state index is 11.2. The van der Waals surface area contributed by atoms with E-state index in [1.807, 2.05) is 6.07 Å². The van der Waals surface area contributed by atoms with Gasteiger partial charge in [0.05, 0.1) is 17.2 Å². The predicted octanol–water partition coefficient (Wildman–Crippen LogP) is 1.28. The van der Waals surface area contributed by atoms with E-state index in [9.17, 15) is 8.42 Å². The summed E-state index contributed by atoms with van der Waals surface area (Å²) in [6, 6.07) is 8.54. The lowest BCUT2D eigenvalue weighted by atomic mass is 10.1. The molecule has 0 radical (unpaired) electrons. The van der Waals surface area contributed by atoms with Crippen LogP contribution in [0, 0.1) is 0 Å². The number of nitrogens with one attached hydrogen (secondary N) is 1. The smallest absolute Gasteiger partial charge is 0.238 e. The molecule has 1 aliphatic rings. The lowest BCUT2D eigenvalue weighted by Crippen LogP contribution is -2.12. The number of benzene rings is 1. The van der Waals surface area contributed by atoms with E-state index in [1.165, 1.54) is 12.1 Å². The van der Waals surface area contributed by atoms with Crippen molar-refractivity contribution in [1.29, 1.82) is 0 Å². The zero-order valence-electron chi connectivity index (χ0n) is 13.2. The number of hydrogen-bond donors (Lipinski definition) is 2. The molecule has 0 spiro atoms. The van der Waals surface area contributed by atoms with Gasteiger partial charge in [-0.05, 0) is 30.5 Å². The first-order valence-corrected chi connectivity index (χ1v) is 9.32. The zero-order valence-corrected chi connectivity index (χ0v) is 14.0. The van der Waals surface area contributed by atoms with Crippen molar-refractivity contribution in [1.82, 2.24) is 9.97 Å². The normalized spacial score (nSPS) is 17.8. The molecule has 0 unspecified atom stereocenters. The van der Waals surface area contributed by atoms with Crippen LogP contribution in [0.3, 0.4) is 0 Å². The number of nitrogens with two attached hydrogens (primary N) is 1. The van der Waals surface area contributed by atoms with Crippen LogP contribution in [0.25, 0.3) is 0 Å². The van der Waals surface area contributed by atoms with E-state index in [1.54, 1.807) is 18.5 Å². The van der Waals surface area contributed by atoms with E-state index in [2.05, 4.69) is 15.3 Å². The van der Waals surface area contributed by atoms with Gasteiger partial charge in [-0.15, -0.1) is 0 Å². The monoisotopic (exact) mass is 348 g/mol. The van der Waals surface area contributed by atoms with Crippen molar-refractivity contribution < 1.29 is 13.2 Å². The maximum absolute atomic E-state index is 11.2. The molecule has 0 bridgehead atoms. The Bertz CT molecular complexity index is 787. The fraction of sp³-hybridized carbons (Fsp3) is 0.375. The summed E-state index contributed by atoms with van der Waals surface area (Å²) in [6.07, 6.45) is 3.31. The molecule has 7 nitrogen and oxygen atoms in total. The number of aromatic nitrogens is 2. The lowest BCUT2D eigenvalue weighted by molar-refractivity contribution is 0.193. The number of primary sulfonamides is 1. The van der Waals surface area contributed by atoms with Crippen LogP contribution in [0.1, 0.15) is 23.6 Å². The van der Waals surface area contributed by atoms with Gasteiger partial charge in [0.1, 0.15) is 12.1 Å². The van der Waals surface area contributed by atoms with Crippen LogP contribution in [-0.4, -0.2) is 38.1 Å². The topological polar surface area (TPSA) is 107 Å². The van der Waals surface area contributed by atoms with E-state index < -0.39 is 10.0 Å². The molecule has 3 rings (SSSR count). The molecule has 2 heterocycles. The minimum absolute atomic E-state index is 0.124. The Hall–Kier alpha value is -2.03. The summed E-state index contributed by atoms with van der Waals surface area (Å²) in [5, 5.41) is 8.35. The fourth-order valence-electron chi connectivity index (χ4n) is 2.64. The first kappa shape index (κ1) is 16.8. The van der Waals surface area contributed by atoms with Gasteiger partial charge in [0.15, 0.2) is 0 Å². The number of nitrogens with zero attached hydrogens (tertiary/aromatic N) is 2. The van der Waals surface area contributed by atoms with Crippen LogP contribution >= 0.6 is 0 Å². The highest BCUT2D eigenvalue weighted by Crippen LogP contribution is 2.24. The highest BCUT2D eigenvalue weighted by molar-refractivity contribution is 7.89. The Morgan fingerprint density at radius 3 is 2.71 bits per heavy atom. The van der Waals surface area contributed by atoms with Crippen molar-refractivity contribution in [2.75, 3.05) is 25.1 Å². The third-order valence-electron chi connectivity index (χ3n) is 4.01. The number of sulfonamides is 1. The highest BCUT2D eigenvalue weighted by Gasteiger charge is 2.19. The van der Waals surface area contributed by atoms with Crippen LogP contribution < -0.4 is 10.5 Å². The van der Waals surface area contributed by atoms with Gasteiger partial charge in [0.2, 0.25) is 10.0 Å². The quantitative estimate of drug-likeness (QED) is 0.814. The molecule has 8 heteroatoms. The summed E-state index contributed by atoms with van der Waals surface area (Å²) in [7, 11) is -3.64. The molecule has 0 aliphatic carbocycles. The Morgan fingerprint density at radius 1 is 1.25 bits per heavy atom. The average Bonchev–Trinajstić information content (AvgIpc) is 3.09. The van der Waals surface area contributed by atoms with E-state index >= 15 is 0 Å². The van der Waals surface area contributed by atoms with Crippen molar-refractivity contribution >= 4 is 15.8 Å². The van der Waals surface area contributed by atoms with Crippen molar-refractivity contribution in [2.24, 2.45) is 5.14 Å². The molecule has 1 saturated heterocycles. The van der Waals surface area contributed by atoms with Crippen LogP contribution in [0.4, 0.5) is 5.82 Å². The van der Waals surface area contributed by atoms with E-state index in [0.717, 1.165) is 36.5 Å². The van der Waals surface area contributed by atoms with Crippen molar-refractivity contribution in [2.45, 2.75) is 23.7 Å². The summed E-state index contributed by atoms with van der Waals surface area (Å²) >= 11 is 0. The molecular weight excluding hydrogens is 328 g/mol. The summed E-state index contributed by atoms with van der Waals surface area (Å²) in [5.74, 6) is 1.13. The number of anilines is 1. The number of rotatable bonds is 6. The first-order chi connectivity index (χ1) is 11.5. The van der Waals surface area contributed by atoms with Crippen LogP contribution in [0.5, 0.6) is 0 Å². The third-order valence-corrected chi connectivity index (χ3v) is 4.94. The van der Waals surface area contributed by atoms with Crippen molar-refractivity contribution in [3.8, 4) is 0 Å². The van der Waals surface area contributed by atoms with Crippen molar-refractivity contribution in [3.05, 3.63) is 47.9 Å². The molecule has 0 amide bonds. The molecule has 3 N–H and O–H groups in total. The molecule has 128 valence electrons. The minimum Gasteiger partial charge on any atom is -0.381 e. The summed E-state index contributed by atoms with van der Waals surface area (Å²) in [4.78, 5) is 8.67. The second-order valence-electron chi connectivity index (χ2n) is 5.75. The summed E-state index contributed by atoms with van der Waals surface area (Å²) < 4.78 is 27.8. The Kier molecular flexibility index (Phi) is 5.08. The molecule has 1 atom stereocenters. The van der Waals surface area contributed by atoms with Gasteiger partial charge < -0.3 is 10.1 Å². The Balaban J connectivity index is 1.55. The van der Waals surface area contributed by atoms with Crippen LogP contribution in [-0.2, 0) is 21.2 Å². The van der Waals surface area contributed by atoms with Gasteiger partial charge in [-0.2, -0.15) is 0 Å². The zero-order chi connectivity index (χ0) is 17.0. The lowest BCUT2D eigenvalue weighted by Gasteiger charge is -2.10. The molecule has 0 saturated carbocycles. The van der Waals surface area contributed by atoms with Gasteiger partial charge in [0.25, 0.3) is 0 Å². The van der Waals surface area contributed by atoms with Gasteiger partial charge in [-0.25, -0.2) is 23.5 Å². The molecule has 1 fully saturated rings. The van der Waals surface area contributed by atoms with E-state index in [0.29, 0.717) is 19.1 Å². The van der Waals surface area contributed by atoms with Gasteiger partial charge in [0, 0.05) is 25.1 Å². The van der Waals surface area contributed by atoms with Crippen LogP contribution in [0.2, 0.25) is 0 Å². The number of hydrogen-bond acceptors (Lipinski definition) is 6. The van der Waals surface area contributed by atoms with E-state index in [-0.39, 0.29) is 4.90 Å². The average molecular weight is 348 g/mol. The first-order valence-electron chi connectivity index (χ1n) is 7.78. The molecular formula is C16H20N4O3S. The van der Waals surface area contributed by atoms with Crippen LogP contribution in [0.15, 0.2) is 41.6 Å². The largest absolute Gasteiger partial charge is 0.381 e. The maximum Gasteiger partial charge on any atom is 0.238 e. The molecule has 1 aliphatic heterocycles. The van der Waals surface area contributed by atoms with Crippen molar-refractivity contribution in [3.63, 3.8) is 0 Å². The third kappa shape index (κ3) is 4.28. The van der Waals surface area contributed by atoms with Gasteiger partial charge in [-0.1, -0.05) is 12.1 Å². The fourth-order valence-corrected chi connectivity index (χ4v) is 3.16. The Labute approximate surface area is 141 Å². The summed E-state index contributed by atoms with van der Waals surface area (Å²) in [5.41, 5.74) is 2.02. The SMILES string of the molecule is NS(=O)(=O)c1ccc(CCNc2cc([C@H]3CCOC3)ncn2)cc1. The molecule has 2 aromatic rings. The molecule has 1 aromatic heterocycles. The number of ether oxygens (including phenoxy) is 1. The van der Waals surface area contributed by atoms with Gasteiger partial charge >= 0.3 is 0 Å². The van der Waals surface area contributed by atoms with Gasteiger partial charge in [-0.3, -0.25) is 0 Å². The second kappa shape index (κ2) is 7.25. The predicted molar refractivity (Wildman–Crippen MR) is 90.2 cm³/mol. The standard InChI is InChI=1S/C16H20N4O3S/c17-24(21,22)14-3-1-12(2-4-14)5-7-18-16-9-15(19-11-20-16)13-6-8-23-10-13/h1-4,9,11,13H,5-8,10H2,(H2,17,21,22)(H,18,19,20)/t13-/m0/s1. The summed E-state index contributed by atoms with van der Waals surface area (Å²) in [6.45, 7) is 2.19. The second-order valence-corrected chi connectivity index (χ2v) is 7.32.